The Balaban J connectivity index is 1.70. The van der Waals surface area contributed by atoms with E-state index in [4.69, 9.17) is 0 Å². The normalized spacial score (nSPS) is 28.4. The molecule has 1 aliphatic heterocycles. The molecule has 1 aromatic heterocycles. The maximum Gasteiger partial charge on any atom is 0.260 e. The molecule has 2 N–H and O–H groups in total. The average molecular weight is 313 g/mol. The van der Waals surface area contributed by atoms with Gasteiger partial charge in [0.25, 0.3) is 5.56 Å². The number of aliphatic hydroxyl groups is 1. The van der Waals surface area contributed by atoms with Crippen LogP contribution in [0.2, 0.25) is 0 Å². The van der Waals surface area contributed by atoms with Gasteiger partial charge in [-0.2, -0.15) is 0 Å². The van der Waals surface area contributed by atoms with E-state index in [1.165, 1.54) is 6.42 Å². The third-order valence-electron chi connectivity index (χ3n) is 5.45. The number of aliphatic hydroxyl groups excluding tert-OH is 1. The van der Waals surface area contributed by atoms with Crippen molar-refractivity contribution in [2.24, 2.45) is 5.92 Å². The lowest BCUT2D eigenvalue weighted by molar-refractivity contribution is 0.0564. The number of hydrogen-bond acceptors (Lipinski definition) is 4. The summed E-state index contributed by atoms with van der Waals surface area (Å²) >= 11 is 0. The number of para-hydroxylation sites is 1. The van der Waals surface area contributed by atoms with E-state index in [0.29, 0.717) is 17.3 Å². The van der Waals surface area contributed by atoms with Crippen LogP contribution in [0.25, 0.3) is 10.9 Å². The summed E-state index contributed by atoms with van der Waals surface area (Å²) in [7, 11) is 0. The standard InChI is InChI=1S/C18H23N3O2/c22-16-10-4-2-7-13(16)15-9-5-11-21(15)18-19-14-8-3-1-6-12(14)17(23)20-18/h1,3,6,8,13,15-16,22H,2,4-5,7,9-11H2,(H,19,20,23)/t13-,15-,16-/m1/s1. The number of anilines is 1. The zero-order valence-electron chi connectivity index (χ0n) is 13.2. The Morgan fingerprint density at radius 2 is 1.96 bits per heavy atom. The zero-order valence-corrected chi connectivity index (χ0v) is 13.2. The first-order valence-electron chi connectivity index (χ1n) is 8.68. The summed E-state index contributed by atoms with van der Waals surface area (Å²) in [5, 5.41) is 11.0. The molecule has 122 valence electrons. The fourth-order valence-electron chi connectivity index (χ4n) is 4.30. The molecule has 2 fully saturated rings. The monoisotopic (exact) mass is 313 g/mol. The maximum absolute atomic E-state index is 12.3. The van der Waals surface area contributed by atoms with Crippen molar-refractivity contribution in [2.75, 3.05) is 11.4 Å². The minimum atomic E-state index is -0.221. The molecule has 23 heavy (non-hydrogen) atoms. The third-order valence-corrected chi connectivity index (χ3v) is 5.45. The number of aromatic amines is 1. The highest BCUT2D eigenvalue weighted by Gasteiger charge is 2.37. The predicted molar refractivity (Wildman–Crippen MR) is 90.7 cm³/mol. The topological polar surface area (TPSA) is 69.2 Å². The van der Waals surface area contributed by atoms with Gasteiger partial charge in [-0.1, -0.05) is 25.0 Å². The summed E-state index contributed by atoms with van der Waals surface area (Å²) < 4.78 is 0. The van der Waals surface area contributed by atoms with Crippen LogP contribution in [-0.4, -0.2) is 33.8 Å². The second-order valence-electron chi connectivity index (χ2n) is 6.83. The molecule has 0 unspecified atom stereocenters. The van der Waals surface area contributed by atoms with Crippen molar-refractivity contribution in [3.05, 3.63) is 34.6 Å². The SMILES string of the molecule is O=c1[nH]c(N2CCC[C@@H]2[C@H]2CCCC[C@H]2O)nc2ccccc12. The molecule has 5 nitrogen and oxygen atoms in total. The van der Waals surface area contributed by atoms with E-state index in [2.05, 4.69) is 14.9 Å². The molecular formula is C18H23N3O2. The van der Waals surface area contributed by atoms with Crippen molar-refractivity contribution in [1.82, 2.24) is 9.97 Å². The van der Waals surface area contributed by atoms with Crippen LogP contribution >= 0.6 is 0 Å². The van der Waals surface area contributed by atoms with Crippen LogP contribution < -0.4 is 10.5 Å². The molecule has 0 bridgehead atoms. The number of nitrogens with one attached hydrogen (secondary N) is 1. The number of hydrogen-bond donors (Lipinski definition) is 2. The van der Waals surface area contributed by atoms with E-state index in [1.54, 1.807) is 6.07 Å². The first-order chi connectivity index (χ1) is 11.2. The molecule has 5 heteroatoms. The summed E-state index contributed by atoms with van der Waals surface area (Å²) in [6.45, 7) is 0.898. The fourth-order valence-corrected chi connectivity index (χ4v) is 4.30. The van der Waals surface area contributed by atoms with E-state index in [-0.39, 0.29) is 17.7 Å². The number of benzene rings is 1. The zero-order chi connectivity index (χ0) is 15.8. The van der Waals surface area contributed by atoms with E-state index >= 15 is 0 Å². The molecular weight excluding hydrogens is 290 g/mol. The largest absolute Gasteiger partial charge is 0.393 e. The first kappa shape index (κ1) is 14.7. The molecule has 2 aromatic rings. The van der Waals surface area contributed by atoms with Gasteiger partial charge in [0, 0.05) is 18.5 Å². The van der Waals surface area contributed by atoms with Crippen LogP contribution in [-0.2, 0) is 0 Å². The van der Waals surface area contributed by atoms with Gasteiger partial charge >= 0.3 is 0 Å². The van der Waals surface area contributed by atoms with Crippen molar-refractivity contribution >= 4 is 16.9 Å². The van der Waals surface area contributed by atoms with Crippen LogP contribution in [0.4, 0.5) is 5.95 Å². The first-order valence-corrected chi connectivity index (χ1v) is 8.68. The lowest BCUT2D eigenvalue weighted by Gasteiger charge is -2.37. The molecule has 3 atom stereocenters. The van der Waals surface area contributed by atoms with Crippen molar-refractivity contribution in [3.63, 3.8) is 0 Å². The Kier molecular flexibility index (Phi) is 3.81. The molecule has 2 aliphatic rings. The van der Waals surface area contributed by atoms with E-state index in [1.807, 2.05) is 18.2 Å². The predicted octanol–water partition coefficient (Wildman–Crippen LogP) is 2.44. The second kappa shape index (κ2) is 5.96. The third kappa shape index (κ3) is 2.63. The van der Waals surface area contributed by atoms with Gasteiger partial charge in [-0.25, -0.2) is 4.98 Å². The molecule has 1 saturated heterocycles. The van der Waals surface area contributed by atoms with Crippen LogP contribution in [0.1, 0.15) is 38.5 Å². The molecule has 0 amide bonds. The minimum Gasteiger partial charge on any atom is -0.393 e. The summed E-state index contributed by atoms with van der Waals surface area (Å²) in [6.07, 6.45) is 6.21. The van der Waals surface area contributed by atoms with E-state index in [9.17, 15) is 9.90 Å². The Hall–Kier alpha value is -1.88. The second-order valence-corrected chi connectivity index (χ2v) is 6.83. The summed E-state index contributed by atoms with van der Waals surface area (Å²) in [5.74, 6) is 0.956. The Bertz CT molecular complexity index is 757. The quantitative estimate of drug-likeness (QED) is 0.893. The number of rotatable bonds is 2. The van der Waals surface area contributed by atoms with Crippen molar-refractivity contribution in [3.8, 4) is 0 Å². The van der Waals surface area contributed by atoms with E-state index in [0.717, 1.165) is 44.2 Å². The van der Waals surface area contributed by atoms with Gasteiger partial charge in [0.1, 0.15) is 0 Å². The van der Waals surface area contributed by atoms with Gasteiger partial charge in [-0.05, 0) is 37.8 Å². The summed E-state index contributed by atoms with van der Waals surface area (Å²) in [4.78, 5) is 22.2. The van der Waals surface area contributed by atoms with E-state index < -0.39 is 0 Å². The highest BCUT2D eigenvalue weighted by atomic mass is 16.3. The van der Waals surface area contributed by atoms with Crippen LogP contribution in [0.3, 0.4) is 0 Å². The highest BCUT2D eigenvalue weighted by molar-refractivity contribution is 5.78. The number of H-pyrrole nitrogens is 1. The van der Waals surface area contributed by atoms with Gasteiger partial charge in [0.05, 0.1) is 17.0 Å². The molecule has 1 saturated carbocycles. The number of fused-ring (bicyclic) bond motifs is 1. The molecule has 0 spiro atoms. The summed E-state index contributed by atoms with van der Waals surface area (Å²) in [6, 6.07) is 7.74. The van der Waals surface area contributed by atoms with Gasteiger partial charge in [0.15, 0.2) is 0 Å². The van der Waals surface area contributed by atoms with Crippen molar-refractivity contribution < 1.29 is 5.11 Å². The lowest BCUT2D eigenvalue weighted by atomic mass is 9.80. The van der Waals surface area contributed by atoms with Gasteiger partial charge in [-0.3, -0.25) is 9.78 Å². The minimum absolute atomic E-state index is 0.0829. The van der Waals surface area contributed by atoms with Gasteiger partial charge in [0.2, 0.25) is 5.95 Å². The smallest absolute Gasteiger partial charge is 0.260 e. The maximum atomic E-state index is 12.3. The van der Waals surface area contributed by atoms with Crippen molar-refractivity contribution in [1.29, 1.82) is 0 Å². The van der Waals surface area contributed by atoms with Crippen molar-refractivity contribution in [2.45, 2.75) is 50.7 Å². The summed E-state index contributed by atoms with van der Waals surface area (Å²) in [5.41, 5.74) is 0.654. The van der Waals surface area contributed by atoms with Gasteiger partial charge < -0.3 is 10.0 Å². The molecule has 1 aromatic carbocycles. The van der Waals surface area contributed by atoms with Crippen LogP contribution in [0.5, 0.6) is 0 Å². The molecule has 2 heterocycles. The molecule has 4 rings (SSSR count). The van der Waals surface area contributed by atoms with Crippen LogP contribution in [0.15, 0.2) is 29.1 Å². The van der Waals surface area contributed by atoms with Crippen LogP contribution in [0, 0.1) is 5.92 Å². The number of aromatic nitrogens is 2. The lowest BCUT2D eigenvalue weighted by Crippen LogP contribution is -2.43. The molecule has 0 radical (unpaired) electrons. The fraction of sp³-hybridized carbons (Fsp3) is 0.556. The number of nitrogens with zero attached hydrogens (tertiary/aromatic N) is 2. The average Bonchev–Trinajstić information content (AvgIpc) is 3.05. The Labute approximate surface area is 135 Å². The Morgan fingerprint density at radius 3 is 2.83 bits per heavy atom. The van der Waals surface area contributed by atoms with Gasteiger partial charge in [-0.15, -0.1) is 0 Å². The highest BCUT2D eigenvalue weighted by Crippen LogP contribution is 2.36. The molecule has 1 aliphatic carbocycles. The Morgan fingerprint density at radius 1 is 1.13 bits per heavy atom.